The predicted molar refractivity (Wildman–Crippen MR) is 57.3 cm³/mol. The number of hydrogen-bond acceptors (Lipinski definition) is 4. The van der Waals surface area contributed by atoms with Crippen LogP contribution in [0.2, 0.25) is 0 Å². The summed E-state index contributed by atoms with van der Waals surface area (Å²) in [6.07, 6.45) is 2.69. The molecule has 1 fully saturated rings. The molecule has 0 aliphatic heterocycles. The molecule has 2 rings (SSSR count). The Kier molecular flexibility index (Phi) is 2.90. The molecule has 0 N–H and O–H groups in total. The average molecular weight is 221 g/mol. The predicted octanol–water partition coefficient (Wildman–Crippen LogP) is 2.23. The second kappa shape index (κ2) is 4.20. The van der Waals surface area contributed by atoms with Crippen molar-refractivity contribution in [1.29, 1.82) is 0 Å². The Balaban J connectivity index is 2.11. The number of rotatable bonds is 3. The van der Waals surface area contributed by atoms with Crippen LogP contribution < -0.4 is 0 Å². The topological polar surface area (TPSA) is 60.2 Å². The van der Waals surface area contributed by atoms with Crippen LogP contribution in [0.5, 0.6) is 0 Å². The zero-order valence-corrected chi connectivity index (χ0v) is 9.58. The van der Waals surface area contributed by atoms with E-state index in [4.69, 9.17) is 4.52 Å². The van der Waals surface area contributed by atoms with Crippen molar-refractivity contribution in [2.45, 2.75) is 39.5 Å². The molecule has 1 atom stereocenters. The van der Waals surface area contributed by atoms with E-state index in [-0.39, 0.29) is 17.5 Å². The van der Waals surface area contributed by atoms with Gasteiger partial charge in [0.05, 0.1) is 11.3 Å². The number of aromatic nitrogens is 1. The fraction of sp³-hybridized carbons (Fsp3) is 0.583. The zero-order valence-electron chi connectivity index (χ0n) is 9.58. The second-order valence-electron chi connectivity index (χ2n) is 4.38. The van der Waals surface area contributed by atoms with Gasteiger partial charge in [-0.05, 0) is 26.7 Å². The smallest absolute Gasteiger partial charge is 0.169 e. The maximum absolute atomic E-state index is 12.0. The van der Waals surface area contributed by atoms with E-state index in [1.54, 1.807) is 13.8 Å². The van der Waals surface area contributed by atoms with Crippen molar-refractivity contribution in [3.05, 3.63) is 17.0 Å². The van der Waals surface area contributed by atoms with E-state index in [1.807, 2.05) is 0 Å². The summed E-state index contributed by atoms with van der Waals surface area (Å²) in [7, 11) is 0. The van der Waals surface area contributed by atoms with Crippen molar-refractivity contribution in [2.75, 3.05) is 0 Å². The molecule has 1 unspecified atom stereocenters. The molecular weight excluding hydrogens is 206 g/mol. The van der Waals surface area contributed by atoms with Crippen LogP contribution >= 0.6 is 0 Å². The number of aryl methyl sites for hydroxylation is 2. The van der Waals surface area contributed by atoms with Crippen molar-refractivity contribution in [2.24, 2.45) is 5.92 Å². The SMILES string of the molecule is Cc1noc(C)c1C(=O)CC1CCCC1=O. The van der Waals surface area contributed by atoms with Gasteiger partial charge in [-0.2, -0.15) is 0 Å². The Morgan fingerprint density at radius 2 is 2.25 bits per heavy atom. The Hall–Kier alpha value is -1.45. The van der Waals surface area contributed by atoms with Crippen LogP contribution in [0.3, 0.4) is 0 Å². The van der Waals surface area contributed by atoms with Crippen molar-refractivity contribution in [3.8, 4) is 0 Å². The summed E-state index contributed by atoms with van der Waals surface area (Å²) in [4.78, 5) is 23.5. The highest BCUT2D eigenvalue weighted by molar-refractivity contribution is 6.00. The Labute approximate surface area is 94.0 Å². The van der Waals surface area contributed by atoms with Gasteiger partial charge in [-0.25, -0.2) is 0 Å². The van der Waals surface area contributed by atoms with E-state index in [2.05, 4.69) is 5.16 Å². The lowest BCUT2D eigenvalue weighted by Gasteiger charge is -2.05. The average Bonchev–Trinajstić information content (AvgIpc) is 2.75. The number of hydrogen-bond donors (Lipinski definition) is 0. The van der Waals surface area contributed by atoms with E-state index >= 15 is 0 Å². The van der Waals surface area contributed by atoms with Gasteiger partial charge < -0.3 is 4.52 Å². The largest absolute Gasteiger partial charge is 0.361 e. The summed E-state index contributed by atoms with van der Waals surface area (Å²) in [6, 6.07) is 0. The van der Waals surface area contributed by atoms with Crippen LogP contribution in [0, 0.1) is 19.8 Å². The monoisotopic (exact) mass is 221 g/mol. The molecule has 0 radical (unpaired) electrons. The zero-order chi connectivity index (χ0) is 11.7. The highest BCUT2D eigenvalue weighted by Crippen LogP contribution is 2.27. The first kappa shape index (κ1) is 11.0. The van der Waals surface area contributed by atoms with Crippen molar-refractivity contribution < 1.29 is 14.1 Å². The van der Waals surface area contributed by atoms with Crippen molar-refractivity contribution in [1.82, 2.24) is 5.16 Å². The molecule has 1 saturated carbocycles. The minimum Gasteiger partial charge on any atom is -0.361 e. The Morgan fingerprint density at radius 1 is 1.50 bits per heavy atom. The molecule has 1 aromatic rings. The van der Waals surface area contributed by atoms with E-state index in [9.17, 15) is 9.59 Å². The van der Waals surface area contributed by atoms with Crippen LogP contribution in [-0.4, -0.2) is 16.7 Å². The standard InChI is InChI=1S/C12H15NO3/c1-7-12(8(2)16-13-7)11(15)6-9-4-3-5-10(9)14/h9H,3-6H2,1-2H3. The molecule has 0 aromatic carbocycles. The summed E-state index contributed by atoms with van der Waals surface area (Å²) >= 11 is 0. The molecule has 1 aliphatic rings. The van der Waals surface area contributed by atoms with Crippen molar-refractivity contribution in [3.63, 3.8) is 0 Å². The first-order chi connectivity index (χ1) is 7.59. The summed E-state index contributed by atoms with van der Waals surface area (Å²) in [5.41, 5.74) is 1.17. The van der Waals surface area contributed by atoms with Gasteiger partial charge in [0, 0.05) is 18.8 Å². The third-order valence-corrected chi connectivity index (χ3v) is 3.18. The summed E-state index contributed by atoms with van der Waals surface area (Å²) in [5, 5.41) is 3.75. The van der Waals surface area contributed by atoms with Gasteiger partial charge in [0.15, 0.2) is 5.78 Å². The maximum Gasteiger partial charge on any atom is 0.169 e. The number of nitrogens with zero attached hydrogens (tertiary/aromatic N) is 1. The molecule has 0 bridgehead atoms. The molecule has 86 valence electrons. The number of Topliss-reactive ketones (excluding diaryl/α,β-unsaturated/α-hetero) is 2. The molecule has 4 heteroatoms. The van der Waals surface area contributed by atoms with Gasteiger partial charge in [-0.1, -0.05) is 5.16 Å². The normalized spacial score (nSPS) is 20.4. The minimum atomic E-state index is -0.0822. The van der Waals surface area contributed by atoms with Crippen LogP contribution in [0.1, 0.15) is 47.5 Å². The van der Waals surface area contributed by atoms with Gasteiger partial charge in [0.25, 0.3) is 0 Å². The summed E-state index contributed by atoms with van der Waals surface area (Å²) in [6.45, 7) is 3.48. The van der Waals surface area contributed by atoms with Crippen LogP contribution in [0.15, 0.2) is 4.52 Å². The first-order valence-electron chi connectivity index (χ1n) is 5.58. The summed E-state index contributed by atoms with van der Waals surface area (Å²) in [5.74, 6) is 0.672. The molecule has 0 amide bonds. The molecule has 1 aromatic heterocycles. The molecule has 0 spiro atoms. The summed E-state index contributed by atoms with van der Waals surface area (Å²) < 4.78 is 4.95. The fourth-order valence-corrected chi connectivity index (χ4v) is 2.31. The lowest BCUT2D eigenvalue weighted by atomic mass is 9.95. The number of ketones is 2. The molecule has 0 saturated heterocycles. The van der Waals surface area contributed by atoms with Gasteiger partial charge in [-0.3, -0.25) is 9.59 Å². The van der Waals surface area contributed by atoms with Crippen LogP contribution in [0.25, 0.3) is 0 Å². The fourth-order valence-electron chi connectivity index (χ4n) is 2.31. The Morgan fingerprint density at radius 3 is 2.75 bits per heavy atom. The number of carbonyl (C=O) groups excluding carboxylic acids is 2. The van der Waals surface area contributed by atoms with Crippen molar-refractivity contribution >= 4 is 11.6 Å². The van der Waals surface area contributed by atoms with E-state index in [0.29, 0.717) is 29.9 Å². The van der Waals surface area contributed by atoms with E-state index in [1.165, 1.54) is 0 Å². The maximum atomic E-state index is 12.0. The molecular formula is C12H15NO3. The molecule has 1 aliphatic carbocycles. The molecule has 16 heavy (non-hydrogen) atoms. The van der Waals surface area contributed by atoms with Gasteiger partial charge in [-0.15, -0.1) is 0 Å². The lowest BCUT2D eigenvalue weighted by molar-refractivity contribution is -0.120. The quantitative estimate of drug-likeness (QED) is 0.734. The van der Waals surface area contributed by atoms with E-state index < -0.39 is 0 Å². The highest BCUT2D eigenvalue weighted by atomic mass is 16.5. The van der Waals surface area contributed by atoms with Crippen LogP contribution in [-0.2, 0) is 4.79 Å². The first-order valence-corrected chi connectivity index (χ1v) is 5.58. The Bertz CT molecular complexity index is 414. The molecule has 1 heterocycles. The van der Waals surface area contributed by atoms with Gasteiger partial charge in [0.2, 0.25) is 0 Å². The third-order valence-electron chi connectivity index (χ3n) is 3.18. The van der Waals surface area contributed by atoms with E-state index in [0.717, 1.165) is 12.8 Å². The van der Waals surface area contributed by atoms with Gasteiger partial charge in [0.1, 0.15) is 11.5 Å². The molecule has 4 nitrogen and oxygen atoms in total. The number of carbonyl (C=O) groups is 2. The third kappa shape index (κ3) is 1.92. The lowest BCUT2D eigenvalue weighted by Crippen LogP contribution is -2.13. The second-order valence-corrected chi connectivity index (χ2v) is 4.38. The van der Waals surface area contributed by atoms with Crippen LogP contribution in [0.4, 0.5) is 0 Å². The van der Waals surface area contributed by atoms with Gasteiger partial charge >= 0.3 is 0 Å². The highest BCUT2D eigenvalue weighted by Gasteiger charge is 2.28. The minimum absolute atomic E-state index is 0.0171.